The average molecular weight is 330 g/mol. The minimum absolute atomic E-state index is 0.140. The molecule has 1 aromatic carbocycles. The molecule has 0 aliphatic carbocycles. The van der Waals surface area contributed by atoms with Gasteiger partial charge in [-0.3, -0.25) is 9.82 Å². The number of carboxylic acid groups (broad SMARTS) is 1. The lowest BCUT2D eigenvalue weighted by Crippen LogP contribution is -2.13. The second-order valence-electron chi connectivity index (χ2n) is 4.18. The molecule has 3 N–H and O–H groups in total. The van der Waals surface area contributed by atoms with E-state index in [1.165, 1.54) is 6.07 Å². The molecular weight excluding hydrogens is 318 g/mol. The highest BCUT2D eigenvalue weighted by molar-refractivity contribution is 7.92. The number of nitrogens with zero attached hydrogens (tertiary/aromatic N) is 1. The van der Waals surface area contributed by atoms with Gasteiger partial charge in [0, 0.05) is 11.8 Å². The predicted octanol–water partition coefficient (Wildman–Crippen LogP) is 2.12. The van der Waals surface area contributed by atoms with Crippen LogP contribution in [0.2, 0.25) is 5.02 Å². The first-order chi connectivity index (χ1) is 9.83. The third kappa shape index (κ3) is 3.34. The van der Waals surface area contributed by atoms with E-state index in [2.05, 4.69) is 14.9 Å². The quantitative estimate of drug-likeness (QED) is 0.777. The number of H-pyrrole nitrogens is 1. The van der Waals surface area contributed by atoms with E-state index in [1.54, 1.807) is 6.07 Å². The number of sulfonamides is 1. The monoisotopic (exact) mass is 329 g/mol. The van der Waals surface area contributed by atoms with Gasteiger partial charge in [-0.1, -0.05) is 18.5 Å². The highest BCUT2D eigenvalue weighted by Gasteiger charge is 2.18. The molecule has 112 valence electrons. The Morgan fingerprint density at radius 1 is 1.43 bits per heavy atom. The van der Waals surface area contributed by atoms with Crippen LogP contribution in [0.5, 0.6) is 0 Å². The summed E-state index contributed by atoms with van der Waals surface area (Å²) in [5.41, 5.74) is 0.621. The maximum atomic E-state index is 12.2. The van der Waals surface area contributed by atoms with Crippen LogP contribution < -0.4 is 4.72 Å². The molecule has 0 atom stereocenters. The van der Waals surface area contributed by atoms with E-state index < -0.39 is 16.0 Å². The molecule has 0 aliphatic heterocycles. The molecule has 0 bridgehead atoms. The summed E-state index contributed by atoms with van der Waals surface area (Å²) in [6, 6.07) is 4.97. The second kappa shape index (κ2) is 5.74. The summed E-state index contributed by atoms with van der Waals surface area (Å²) in [5.74, 6) is -1.07. The number of carboxylic acids is 1. The van der Waals surface area contributed by atoms with Crippen molar-refractivity contribution in [3.8, 4) is 0 Å². The summed E-state index contributed by atoms with van der Waals surface area (Å²) in [5, 5.41) is 15.2. The van der Waals surface area contributed by atoms with Gasteiger partial charge in [0.05, 0.1) is 15.5 Å². The number of carbonyl (C=O) groups is 1. The SMILES string of the molecule is CCc1cc(NS(=O)(=O)c2ccc(C(=O)O)c(Cl)c2)n[nH]1. The lowest BCUT2D eigenvalue weighted by molar-refractivity contribution is 0.0697. The minimum Gasteiger partial charge on any atom is -0.478 e. The first kappa shape index (κ1) is 15.3. The highest BCUT2D eigenvalue weighted by Crippen LogP contribution is 2.22. The molecule has 1 aromatic heterocycles. The molecule has 0 amide bonds. The third-order valence-corrected chi connectivity index (χ3v) is 4.40. The topological polar surface area (TPSA) is 112 Å². The molecule has 0 fully saturated rings. The van der Waals surface area contributed by atoms with Crippen molar-refractivity contribution in [3.05, 3.63) is 40.5 Å². The average Bonchev–Trinajstić information content (AvgIpc) is 2.85. The van der Waals surface area contributed by atoms with E-state index in [0.717, 1.165) is 17.8 Å². The van der Waals surface area contributed by atoms with Crippen LogP contribution in [0.1, 0.15) is 23.0 Å². The number of aromatic nitrogens is 2. The molecule has 0 saturated heterocycles. The number of aryl methyl sites for hydroxylation is 1. The van der Waals surface area contributed by atoms with Gasteiger partial charge >= 0.3 is 5.97 Å². The molecule has 9 heteroatoms. The zero-order valence-electron chi connectivity index (χ0n) is 10.9. The van der Waals surface area contributed by atoms with Gasteiger partial charge in [-0.05, 0) is 24.6 Å². The number of benzene rings is 1. The van der Waals surface area contributed by atoms with Gasteiger partial charge in [0.25, 0.3) is 10.0 Å². The smallest absolute Gasteiger partial charge is 0.337 e. The van der Waals surface area contributed by atoms with Gasteiger partial charge < -0.3 is 5.11 Å². The van der Waals surface area contributed by atoms with Gasteiger partial charge in [-0.15, -0.1) is 0 Å². The summed E-state index contributed by atoms with van der Waals surface area (Å²) in [7, 11) is -3.88. The number of hydrogen-bond acceptors (Lipinski definition) is 4. The second-order valence-corrected chi connectivity index (χ2v) is 6.27. The van der Waals surface area contributed by atoms with Crippen molar-refractivity contribution < 1.29 is 18.3 Å². The van der Waals surface area contributed by atoms with E-state index >= 15 is 0 Å². The molecule has 21 heavy (non-hydrogen) atoms. The van der Waals surface area contributed by atoms with Crippen LogP contribution in [-0.4, -0.2) is 29.7 Å². The van der Waals surface area contributed by atoms with Crippen LogP contribution in [0, 0.1) is 0 Å². The first-order valence-electron chi connectivity index (χ1n) is 5.93. The fourth-order valence-corrected chi connectivity index (χ4v) is 2.97. The van der Waals surface area contributed by atoms with Crippen molar-refractivity contribution >= 4 is 33.4 Å². The number of halogens is 1. The number of nitrogens with one attached hydrogen (secondary N) is 2. The van der Waals surface area contributed by atoms with Crippen LogP contribution in [0.3, 0.4) is 0 Å². The Bertz CT molecular complexity index is 786. The summed E-state index contributed by atoms with van der Waals surface area (Å²) >= 11 is 5.77. The van der Waals surface area contributed by atoms with Crippen LogP contribution in [-0.2, 0) is 16.4 Å². The lowest BCUT2D eigenvalue weighted by atomic mass is 10.2. The molecule has 2 rings (SSSR count). The molecule has 7 nitrogen and oxygen atoms in total. The molecule has 0 saturated carbocycles. The Labute approximate surface area is 126 Å². The van der Waals surface area contributed by atoms with E-state index in [0.29, 0.717) is 6.42 Å². The maximum absolute atomic E-state index is 12.2. The summed E-state index contributed by atoms with van der Waals surface area (Å²) in [4.78, 5) is 10.7. The fraction of sp³-hybridized carbons (Fsp3) is 0.167. The van der Waals surface area contributed by atoms with Crippen molar-refractivity contribution in [2.75, 3.05) is 4.72 Å². The Kier molecular flexibility index (Phi) is 4.19. The van der Waals surface area contributed by atoms with Gasteiger partial charge in [-0.25, -0.2) is 13.2 Å². The molecule has 0 radical (unpaired) electrons. The van der Waals surface area contributed by atoms with Gasteiger partial charge in [0.1, 0.15) is 0 Å². The van der Waals surface area contributed by atoms with Crippen molar-refractivity contribution in [2.45, 2.75) is 18.2 Å². The Morgan fingerprint density at radius 2 is 2.14 bits per heavy atom. The number of rotatable bonds is 5. The predicted molar refractivity (Wildman–Crippen MR) is 77.2 cm³/mol. The van der Waals surface area contributed by atoms with E-state index in [-0.39, 0.29) is 21.3 Å². The van der Waals surface area contributed by atoms with E-state index in [4.69, 9.17) is 16.7 Å². The van der Waals surface area contributed by atoms with E-state index in [9.17, 15) is 13.2 Å². The Hall–Kier alpha value is -2.06. The first-order valence-corrected chi connectivity index (χ1v) is 7.79. The lowest BCUT2D eigenvalue weighted by Gasteiger charge is -2.06. The van der Waals surface area contributed by atoms with Gasteiger partial charge in [0.15, 0.2) is 5.82 Å². The largest absolute Gasteiger partial charge is 0.478 e. The highest BCUT2D eigenvalue weighted by atomic mass is 35.5. The number of hydrogen-bond donors (Lipinski definition) is 3. The summed E-state index contributed by atoms with van der Waals surface area (Å²) < 4.78 is 26.6. The maximum Gasteiger partial charge on any atom is 0.337 e. The molecule has 2 aromatic rings. The Morgan fingerprint density at radius 3 is 2.67 bits per heavy atom. The molecule has 1 heterocycles. The van der Waals surface area contributed by atoms with Crippen LogP contribution in [0.15, 0.2) is 29.2 Å². The zero-order valence-corrected chi connectivity index (χ0v) is 12.5. The van der Waals surface area contributed by atoms with Gasteiger partial charge in [0.2, 0.25) is 0 Å². The van der Waals surface area contributed by atoms with E-state index in [1.807, 2.05) is 6.92 Å². The molecule has 0 spiro atoms. The Balaban J connectivity index is 2.31. The van der Waals surface area contributed by atoms with Crippen LogP contribution >= 0.6 is 11.6 Å². The van der Waals surface area contributed by atoms with Crippen molar-refractivity contribution in [1.29, 1.82) is 0 Å². The van der Waals surface area contributed by atoms with Gasteiger partial charge in [-0.2, -0.15) is 5.10 Å². The standard InChI is InChI=1S/C12H12ClN3O4S/c1-2-7-5-11(15-14-7)16-21(19,20)8-3-4-9(12(17)18)10(13)6-8/h3-6H,2H2,1H3,(H,17,18)(H2,14,15,16). The molecular formula is C12H12ClN3O4S. The third-order valence-electron chi connectivity index (χ3n) is 2.73. The van der Waals surface area contributed by atoms with Crippen molar-refractivity contribution in [2.24, 2.45) is 0 Å². The summed E-state index contributed by atoms with van der Waals surface area (Å²) in [6.07, 6.45) is 0.688. The number of anilines is 1. The number of aromatic amines is 1. The van der Waals surface area contributed by atoms with Crippen LogP contribution in [0.25, 0.3) is 0 Å². The van der Waals surface area contributed by atoms with Crippen molar-refractivity contribution in [3.63, 3.8) is 0 Å². The normalized spacial score (nSPS) is 11.3. The zero-order chi connectivity index (χ0) is 15.6. The molecule has 0 unspecified atom stereocenters. The number of aromatic carboxylic acids is 1. The molecule has 0 aliphatic rings. The van der Waals surface area contributed by atoms with Crippen molar-refractivity contribution in [1.82, 2.24) is 10.2 Å². The summed E-state index contributed by atoms with van der Waals surface area (Å²) in [6.45, 7) is 1.90. The fourth-order valence-electron chi connectivity index (χ4n) is 1.63. The minimum atomic E-state index is -3.88. The van der Waals surface area contributed by atoms with Crippen LogP contribution in [0.4, 0.5) is 5.82 Å².